The zero-order chi connectivity index (χ0) is 13.0. The van der Waals surface area contributed by atoms with Gasteiger partial charge in [-0.05, 0) is 13.8 Å². The summed E-state index contributed by atoms with van der Waals surface area (Å²) < 4.78 is 10.4. The molecule has 2 aromatic heterocycles. The van der Waals surface area contributed by atoms with Crippen LogP contribution in [0.15, 0.2) is 23.1 Å². The zero-order valence-corrected chi connectivity index (χ0v) is 10.3. The molecule has 0 unspecified atom stereocenters. The van der Waals surface area contributed by atoms with Crippen LogP contribution in [0.4, 0.5) is 11.5 Å². The van der Waals surface area contributed by atoms with E-state index < -0.39 is 0 Å². The lowest BCUT2D eigenvalue weighted by Crippen LogP contribution is -2.11. The monoisotopic (exact) mass is 249 g/mol. The fraction of sp³-hybridized carbons (Fsp3) is 0.364. The number of anilines is 2. The highest BCUT2D eigenvalue weighted by Crippen LogP contribution is 2.25. The third-order valence-electron chi connectivity index (χ3n) is 2.12. The maximum atomic E-state index is 5.91. The number of ether oxygens (including phenoxy) is 1. The van der Waals surface area contributed by atoms with E-state index in [1.165, 1.54) is 6.33 Å². The molecule has 18 heavy (non-hydrogen) atoms. The Hall–Kier alpha value is -2.31. The smallest absolute Gasteiger partial charge is 0.242 e. The standard InChI is InChI=1S/C11H15N5O2/c1-7(2)17-11-9(12)10(14-6-15-11)13-5-8-3-4-16-18-8/h3-4,6-7H,5,12H2,1-2H3,(H,13,14,15). The normalized spacial score (nSPS) is 10.6. The molecule has 0 bridgehead atoms. The van der Waals surface area contributed by atoms with Gasteiger partial charge in [-0.2, -0.15) is 4.98 Å². The Kier molecular flexibility index (Phi) is 3.61. The van der Waals surface area contributed by atoms with E-state index in [0.29, 0.717) is 29.7 Å². The predicted octanol–water partition coefficient (Wildman–Crippen LogP) is 1.45. The first-order chi connectivity index (χ1) is 8.66. The summed E-state index contributed by atoms with van der Waals surface area (Å²) >= 11 is 0. The van der Waals surface area contributed by atoms with Crippen molar-refractivity contribution in [2.75, 3.05) is 11.1 Å². The molecule has 0 spiro atoms. The van der Waals surface area contributed by atoms with Gasteiger partial charge in [0.2, 0.25) is 5.88 Å². The Bertz CT molecular complexity index is 498. The van der Waals surface area contributed by atoms with Gasteiger partial charge < -0.3 is 20.3 Å². The molecule has 0 aliphatic carbocycles. The highest BCUT2D eigenvalue weighted by Gasteiger charge is 2.10. The predicted molar refractivity (Wildman–Crippen MR) is 66.0 cm³/mol. The van der Waals surface area contributed by atoms with Crippen LogP contribution in [0.2, 0.25) is 0 Å². The van der Waals surface area contributed by atoms with E-state index in [1.807, 2.05) is 13.8 Å². The largest absolute Gasteiger partial charge is 0.473 e. The average molecular weight is 249 g/mol. The molecule has 0 atom stereocenters. The van der Waals surface area contributed by atoms with Gasteiger partial charge in [-0.1, -0.05) is 5.16 Å². The van der Waals surface area contributed by atoms with Gasteiger partial charge in [-0.15, -0.1) is 0 Å². The number of hydrogen-bond acceptors (Lipinski definition) is 7. The van der Waals surface area contributed by atoms with Crippen molar-refractivity contribution >= 4 is 11.5 Å². The van der Waals surface area contributed by atoms with Crippen LogP contribution in [0.5, 0.6) is 5.88 Å². The molecule has 96 valence electrons. The lowest BCUT2D eigenvalue weighted by Gasteiger charge is -2.13. The van der Waals surface area contributed by atoms with Gasteiger partial charge >= 0.3 is 0 Å². The lowest BCUT2D eigenvalue weighted by molar-refractivity contribution is 0.234. The lowest BCUT2D eigenvalue weighted by atomic mass is 10.4. The molecular formula is C11H15N5O2. The van der Waals surface area contributed by atoms with Gasteiger partial charge in [0, 0.05) is 6.07 Å². The van der Waals surface area contributed by atoms with Gasteiger partial charge in [0.1, 0.15) is 12.0 Å². The van der Waals surface area contributed by atoms with Crippen LogP contribution in [-0.4, -0.2) is 21.2 Å². The van der Waals surface area contributed by atoms with Gasteiger partial charge in [-0.25, -0.2) is 4.98 Å². The third kappa shape index (κ3) is 2.88. The number of nitrogen functional groups attached to an aromatic ring is 1. The number of aromatic nitrogens is 3. The summed E-state index contributed by atoms with van der Waals surface area (Å²) in [5, 5.41) is 6.65. The molecule has 7 heteroatoms. The summed E-state index contributed by atoms with van der Waals surface area (Å²) in [6.45, 7) is 4.26. The van der Waals surface area contributed by atoms with Crippen molar-refractivity contribution in [2.45, 2.75) is 26.5 Å². The molecule has 2 heterocycles. The van der Waals surface area contributed by atoms with Gasteiger partial charge in [0.15, 0.2) is 11.6 Å². The quantitative estimate of drug-likeness (QED) is 0.827. The molecule has 3 N–H and O–H groups in total. The van der Waals surface area contributed by atoms with Crippen LogP contribution in [0, 0.1) is 0 Å². The highest BCUT2D eigenvalue weighted by molar-refractivity contribution is 5.66. The topological polar surface area (TPSA) is 99.1 Å². The van der Waals surface area contributed by atoms with E-state index in [0.717, 1.165) is 0 Å². The first-order valence-corrected chi connectivity index (χ1v) is 5.57. The zero-order valence-electron chi connectivity index (χ0n) is 10.3. The summed E-state index contributed by atoms with van der Waals surface area (Å²) in [4.78, 5) is 8.05. The minimum absolute atomic E-state index is 0.00400. The second-order valence-electron chi connectivity index (χ2n) is 3.94. The summed E-state index contributed by atoms with van der Waals surface area (Å²) in [5.41, 5.74) is 6.29. The van der Waals surface area contributed by atoms with E-state index >= 15 is 0 Å². The maximum absolute atomic E-state index is 5.91. The van der Waals surface area contributed by atoms with Crippen LogP contribution < -0.4 is 15.8 Å². The van der Waals surface area contributed by atoms with Gasteiger partial charge in [-0.3, -0.25) is 0 Å². The average Bonchev–Trinajstić information content (AvgIpc) is 2.83. The molecule has 0 aliphatic rings. The fourth-order valence-corrected chi connectivity index (χ4v) is 1.34. The first kappa shape index (κ1) is 12.2. The number of hydrogen-bond donors (Lipinski definition) is 2. The minimum Gasteiger partial charge on any atom is -0.473 e. The Morgan fingerprint density at radius 3 is 2.94 bits per heavy atom. The van der Waals surface area contributed by atoms with Crippen LogP contribution in [0.1, 0.15) is 19.6 Å². The SMILES string of the molecule is CC(C)Oc1ncnc(NCc2ccno2)c1N. The first-order valence-electron chi connectivity index (χ1n) is 5.57. The fourth-order valence-electron chi connectivity index (χ4n) is 1.34. The van der Waals surface area contributed by atoms with Crippen molar-refractivity contribution in [1.29, 1.82) is 0 Å². The van der Waals surface area contributed by atoms with Crippen molar-refractivity contribution in [1.82, 2.24) is 15.1 Å². The second-order valence-corrected chi connectivity index (χ2v) is 3.94. The van der Waals surface area contributed by atoms with E-state index in [9.17, 15) is 0 Å². The van der Waals surface area contributed by atoms with Crippen molar-refractivity contribution < 1.29 is 9.26 Å². The Labute approximate surface area is 104 Å². The number of nitrogens with two attached hydrogens (primary N) is 1. The molecule has 0 saturated heterocycles. The Morgan fingerprint density at radius 2 is 2.28 bits per heavy atom. The van der Waals surface area contributed by atoms with E-state index in [1.54, 1.807) is 12.3 Å². The summed E-state index contributed by atoms with van der Waals surface area (Å²) in [7, 11) is 0. The maximum Gasteiger partial charge on any atom is 0.242 e. The summed E-state index contributed by atoms with van der Waals surface area (Å²) in [6, 6.07) is 1.76. The summed E-state index contributed by atoms with van der Waals surface area (Å²) in [5.74, 6) is 1.58. The molecule has 0 fully saturated rings. The number of rotatable bonds is 5. The van der Waals surface area contributed by atoms with Crippen LogP contribution >= 0.6 is 0 Å². The van der Waals surface area contributed by atoms with Gasteiger partial charge in [0.25, 0.3) is 0 Å². The van der Waals surface area contributed by atoms with E-state index in [-0.39, 0.29) is 6.10 Å². The molecule has 0 aromatic carbocycles. The molecule has 0 amide bonds. The van der Waals surface area contributed by atoms with E-state index in [4.69, 9.17) is 15.0 Å². The Morgan fingerprint density at radius 1 is 1.44 bits per heavy atom. The van der Waals surface area contributed by atoms with Crippen molar-refractivity contribution in [3.63, 3.8) is 0 Å². The molecule has 2 rings (SSSR count). The third-order valence-corrected chi connectivity index (χ3v) is 2.12. The molecule has 0 radical (unpaired) electrons. The number of nitrogens with zero attached hydrogens (tertiary/aromatic N) is 3. The minimum atomic E-state index is 0.00400. The second kappa shape index (κ2) is 5.35. The highest BCUT2D eigenvalue weighted by atomic mass is 16.5. The molecule has 2 aromatic rings. The molecule has 0 saturated carbocycles. The molecule has 7 nitrogen and oxygen atoms in total. The van der Waals surface area contributed by atoms with Crippen molar-refractivity contribution in [3.05, 3.63) is 24.4 Å². The van der Waals surface area contributed by atoms with Crippen LogP contribution in [0.25, 0.3) is 0 Å². The van der Waals surface area contributed by atoms with Crippen LogP contribution in [0.3, 0.4) is 0 Å². The van der Waals surface area contributed by atoms with Crippen LogP contribution in [-0.2, 0) is 6.54 Å². The van der Waals surface area contributed by atoms with Gasteiger partial charge in [0.05, 0.1) is 18.8 Å². The molecule has 0 aliphatic heterocycles. The summed E-state index contributed by atoms with van der Waals surface area (Å²) in [6.07, 6.45) is 2.98. The van der Waals surface area contributed by atoms with Crippen molar-refractivity contribution in [2.24, 2.45) is 0 Å². The Balaban J connectivity index is 2.08. The van der Waals surface area contributed by atoms with E-state index in [2.05, 4.69) is 20.4 Å². The molecular weight excluding hydrogens is 234 g/mol. The van der Waals surface area contributed by atoms with Crippen molar-refractivity contribution in [3.8, 4) is 5.88 Å². The number of nitrogens with one attached hydrogen (secondary N) is 1.